The molecule has 0 atom stereocenters. The molecule has 1 fully saturated rings. The highest BCUT2D eigenvalue weighted by molar-refractivity contribution is 7.11. The van der Waals surface area contributed by atoms with Gasteiger partial charge in [0.05, 0.1) is 0 Å². The number of halogens is 1. The molecule has 0 saturated carbocycles. The summed E-state index contributed by atoms with van der Waals surface area (Å²) in [4.78, 5) is 7.60. The van der Waals surface area contributed by atoms with Gasteiger partial charge in [-0.3, -0.25) is 9.30 Å². The molecule has 2 aromatic rings. The number of imidazole rings is 1. The van der Waals surface area contributed by atoms with Crippen LogP contribution in [0.5, 0.6) is 0 Å². The Bertz CT molecular complexity index is 477. The lowest BCUT2D eigenvalue weighted by molar-refractivity contribution is 0.249. The molecular formula is C10H17ClN6S. The predicted octanol–water partition coefficient (Wildman–Crippen LogP) is 0.530. The van der Waals surface area contributed by atoms with E-state index in [1.807, 2.05) is 10.6 Å². The summed E-state index contributed by atoms with van der Waals surface area (Å²) in [6.07, 6.45) is 3.74. The van der Waals surface area contributed by atoms with Gasteiger partial charge in [-0.05, 0) is 0 Å². The topological polar surface area (TPSA) is 57.5 Å². The minimum atomic E-state index is 0. The van der Waals surface area contributed by atoms with Crippen LogP contribution < -0.4 is 10.6 Å². The van der Waals surface area contributed by atoms with Crippen molar-refractivity contribution in [2.45, 2.75) is 0 Å². The van der Waals surface area contributed by atoms with Gasteiger partial charge in [0, 0.05) is 63.2 Å². The van der Waals surface area contributed by atoms with E-state index < -0.39 is 0 Å². The Balaban J connectivity index is 0.00000120. The average molecular weight is 289 g/mol. The first-order valence-electron chi connectivity index (χ1n) is 5.89. The summed E-state index contributed by atoms with van der Waals surface area (Å²) in [5, 5.41) is 6.72. The Labute approximate surface area is 116 Å². The molecule has 100 valence electrons. The summed E-state index contributed by atoms with van der Waals surface area (Å²) in [6.45, 7) is 6.47. The highest BCUT2D eigenvalue weighted by atomic mass is 35.5. The van der Waals surface area contributed by atoms with E-state index in [1.54, 1.807) is 6.20 Å². The third-order valence-electron chi connectivity index (χ3n) is 2.97. The van der Waals surface area contributed by atoms with E-state index in [1.165, 1.54) is 11.5 Å². The van der Waals surface area contributed by atoms with Gasteiger partial charge in [0.1, 0.15) is 0 Å². The van der Waals surface area contributed by atoms with Crippen LogP contribution >= 0.6 is 23.9 Å². The zero-order valence-corrected chi connectivity index (χ0v) is 11.6. The van der Waals surface area contributed by atoms with Gasteiger partial charge in [-0.2, -0.15) is 4.37 Å². The smallest absolute Gasteiger partial charge is 0.220 e. The number of piperazine rings is 1. The molecule has 2 aromatic heterocycles. The van der Waals surface area contributed by atoms with Crippen LogP contribution in [0.2, 0.25) is 0 Å². The molecule has 3 rings (SSSR count). The predicted molar refractivity (Wildman–Crippen MR) is 75.9 cm³/mol. The quantitative estimate of drug-likeness (QED) is 0.860. The highest BCUT2D eigenvalue weighted by Crippen LogP contribution is 2.13. The monoisotopic (exact) mass is 288 g/mol. The Morgan fingerprint density at radius 1 is 1.39 bits per heavy atom. The number of anilines is 1. The molecule has 0 aliphatic carbocycles. The summed E-state index contributed by atoms with van der Waals surface area (Å²) < 4.78 is 6.33. The molecule has 0 bridgehead atoms. The van der Waals surface area contributed by atoms with Gasteiger partial charge in [-0.15, -0.1) is 12.4 Å². The molecule has 3 heterocycles. The maximum atomic E-state index is 4.34. The van der Waals surface area contributed by atoms with E-state index in [0.29, 0.717) is 0 Å². The summed E-state index contributed by atoms with van der Waals surface area (Å²) in [6, 6.07) is 0. The molecule has 0 unspecified atom stereocenters. The van der Waals surface area contributed by atoms with Crippen LogP contribution in [0.15, 0.2) is 12.4 Å². The summed E-state index contributed by atoms with van der Waals surface area (Å²) in [5.41, 5.74) is 0. The molecule has 6 nitrogen and oxygen atoms in total. The molecular weight excluding hydrogens is 272 g/mol. The number of aromatic nitrogens is 3. The third kappa shape index (κ3) is 2.92. The van der Waals surface area contributed by atoms with E-state index in [2.05, 4.69) is 24.9 Å². The fourth-order valence-corrected chi connectivity index (χ4v) is 2.69. The zero-order chi connectivity index (χ0) is 11.5. The molecule has 1 aliphatic heterocycles. The minimum absolute atomic E-state index is 0. The second kappa shape index (κ2) is 6.33. The van der Waals surface area contributed by atoms with Gasteiger partial charge in [0.15, 0.2) is 0 Å². The van der Waals surface area contributed by atoms with Crippen LogP contribution in [0.1, 0.15) is 0 Å². The van der Waals surface area contributed by atoms with Gasteiger partial charge in [-0.1, -0.05) is 0 Å². The molecule has 1 saturated heterocycles. The first-order chi connectivity index (χ1) is 8.43. The molecule has 2 N–H and O–H groups in total. The first kappa shape index (κ1) is 13.5. The standard InChI is InChI=1S/C10H16N6S.ClH/c1-5-15(6-2-11-1)7-3-12-9-14-17-10-13-4-8-16(9)10;/h4,8,11H,1-3,5-7H2,(H,12,14);1H. The molecule has 8 heteroatoms. The lowest BCUT2D eigenvalue weighted by Crippen LogP contribution is -2.45. The van der Waals surface area contributed by atoms with Crippen molar-refractivity contribution in [1.29, 1.82) is 0 Å². The van der Waals surface area contributed by atoms with Crippen molar-refractivity contribution in [3.05, 3.63) is 12.4 Å². The molecule has 0 spiro atoms. The number of fused-ring (bicyclic) bond motifs is 1. The normalized spacial score (nSPS) is 16.7. The van der Waals surface area contributed by atoms with Crippen LogP contribution in [-0.4, -0.2) is 57.9 Å². The van der Waals surface area contributed by atoms with Crippen molar-refractivity contribution in [2.75, 3.05) is 44.6 Å². The minimum Gasteiger partial charge on any atom is -0.353 e. The van der Waals surface area contributed by atoms with Crippen LogP contribution in [0.3, 0.4) is 0 Å². The average Bonchev–Trinajstić information content (AvgIpc) is 2.95. The van der Waals surface area contributed by atoms with Gasteiger partial charge in [0.25, 0.3) is 0 Å². The summed E-state index contributed by atoms with van der Waals surface area (Å²) in [5.74, 6) is 0.901. The van der Waals surface area contributed by atoms with Crippen LogP contribution in [0, 0.1) is 0 Å². The largest absolute Gasteiger partial charge is 0.353 e. The maximum absolute atomic E-state index is 4.34. The van der Waals surface area contributed by atoms with Crippen molar-refractivity contribution in [3.63, 3.8) is 0 Å². The third-order valence-corrected chi connectivity index (χ3v) is 3.70. The van der Waals surface area contributed by atoms with E-state index in [0.717, 1.165) is 50.2 Å². The molecule has 1 aliphatic rings. The second-order valence-electron chi connectivity index (χ2n) is 4.10. The number of nitrogens with zero attached hydrogens (tertiary/aromatic N) is 4. The Hall–Kier alpha value is -0.890. The Morgan fingerprint density at radius 3 is 3.06 bits per heavy atom. The fraction of sp³-hybridized carbons (Fsp3) is 0.600. The van der Waals surface area contributed by atoms with Crippen molar-refractivity contribution >= 4 is 34.8 Å². The van der Waals surface area contributed by atoms with Gasteiger partial charge in [0.2, 0.25) is 10.9 Å². The van der Waals surface area contributed by atoms with E-state index in [4.69, 9.17) is 0 Å². The summed E-state index contributed by atoms with van der Waals surface area (Å²) >= 11 is 1.42. The number of nitrogens with one attached hydrogen (secondary N) is 2. The maximum Gasteiger partial charge on any atom is 0.220 e. The zero-order valence-electron chi connectivity index (χ0n) is 10.0. The molecule has 0 amide bonds. The first-order valence-corrected chi connectivity index (χ1v) is 6.66. The SMILES string of the molecule is Cl.c1cn2c(NCCN3CCNCC3)nsc2n1. The van der Waals surface area contributed by atoms with Gasteiger partial charge >= 0.3 is 0 Å². The Kier molecular flexibility index (Phi) is 4.76. The van der Waals surface area contributed by atoms with Gasteiger partial charge in [-0.25, -0.2) is 4.98 Å². The van der Waals surface area contributed by atoms with Crippen molar-refractivity contribution in [1.82, 2.24) is 24.0 Å². The molecule has 0 aromatic carbocycles. The number of hydrogen-bond acceptors (Lipinski definition) is 6. The van der Waals surface area contributed by atoms with Crippen LogP contribution in [0.4, 0.5) is 5.95 Å². The van der Waals surface area contributed by atoms with Crippen LogP contribution in [-0.2, 0) is 0 Å². The van der Waals surface area contributed by atoms with Crippen molar-refractivity contribution < 1.29 is 0 Å². The lowest BCUT2D eigenvalue weighted by Gasteiger charge is -2.27. The van der Waals surface area contributed by atoms with E-state index in [-0.39, 0.29) is 12.4 Å². The van der Waals surface area contributed by atoms with Crippen molar-refractivity contribution in [2.24, 2.45) is 0 Å². The van der Waals surface area contributed by atoms with E-state index in [9.17, 15) is 0 Å². The number of rotatable bonds is 4. The molecule has 18 heavy (non-hydrogen) atoms. The second-order valence-corrected chi connectivity index (χ2v) is 4.83. The van der Waals surface area contributed by atoms with Crippen LogP contribution in [0.25, 0.3) is 4.96 Å². The summed E-state index contributed by atoms with van der Waals surface area (Å²) in [7, 11) is 0. The fourth-order valence-electron chi connectivity index (χ4n) is 2.02. The number of hydrogen-bond donors (Lipinski definition) is 2. The van der Waals surface area contributed by atoms with E-state index >= 15 is 0 Å². The Morgan fingerprint density at radius 2 is 2.22 bits per heavy atom. The van der Waals surface area contributed by atoms with Gasteiger partial charge < -0.3 is 10.6 Å². The lowest BCUT2D eigenvalue weighted by atomic mass is 10.3. The highest BCUT2D eigenvalue weighted by Gasteiger charge is 2.09. The molecule has 0 radical (unpaired) electrons. The van der Waals surface area contributed by atoms with Crippen molar-refractivity contribution in [3.8, 4) is 0 Å².